The summed E-state index contributed by atoms with van der Waals surface area (Å²) in [6.07, 6.45) is -0.162. The fourth-order valence-corrected chi connectivity index (χ4v) is 1.52. The molecule has 0 saturated carbocycles. The molecule has 0 aromatic heterocycles. The van der Waals surface area contributed by atoms with Gasteiger partial charge in [-0.2, -0.15) is 0 Å². The molecular weight excluding hydrogens is 234 g/mol. The molecule has 0 fully saturated rings. The van der Waals surface area contributed by atoms with E-state index in [-0.39, 0.29) is 12.8 Å². The monoisotopic (exact) mass is 251 g/mol. The maximum Gasteiger partial charge on any atom is 0.345 e. The van der Waals surface area contributed by atoms with Crippen LogP contribution < -0.4 is 5.73 Å². The second-order valence-electron chi connectivity index (χ2n) is 3.97. The Morgan fingerprint density at radius 2 is 2.17 bits per heavy atom. The second kappa shape index (κ2) is 6.64. The van der Waals surface area contributed by atoms with Gasteiger partial charge in [-0.25, -0.2) is 4.79 Å². The van der Waals surface area contributed by atoms with Crippen molar-refractivity contribution in [3.63, 3.8) is 0 Å². The molecule has 0 heterocycles. The number of carboxylic acid groups (broad SMARTS) is 1. The van der Waals surface area contributed by atoms with Gasteiger partial charge in [-0.15, -0.1) is 0 Å². The molecule has 5 nitrogen and oxygen atoms in total. The molecule has 1 aromatic rings. The minimum atomic E-state index is -1.12. The number of anilines is 1. The van der Waals surface area contributed by atoms with Crippen molar-refractivity contribution in [2.24, 2.45) is 0 Å². The predicted molar refractivity (Wildman–Crippen MR) is 67.0 cm³/mol. The van der Waals surface area contributed by atoms with Gasteiger partial charge in [0, 0.05) is 12.1 Å². The van der Waals surface area contributed by atoms with Gasteiger partial charge in [0.25, 0.3) is 0 Å². The highest BCUT2D eigenvalue weighted by Gasteiger charge is 2.19. The number of carbonyl (C=O) groups is 2. The molecule has 1 atom stereocenters. The van der Waals surface area contributed by atoms with Crippen LogP contribution >= 0.6 is 0 Å². The Morgan fingerprint density at radius 3 is 2.72 bits per heavy atom. The first kappa shape index (κ1) is 14.0. The van der Waals surface area contributed by atoms with Gasteiger partial charge in [-0.3, -0.25) is 4.79 Å². The molecule has 0 amide bonds. The number of rotatable bonds is 6. The number of hydrogen-bond donors (Lipinski definition) is 2. The molecule has 98 valence electrons. The lowest BCUT2D eigenvalue weighted by molar-refractivity contribution is -0.164. The molecule has 1 aromatic carbocycles. The van der Waals surface area contributed by atoms with Crippen LogP contribution in [0.5, 0.6) is 0 Å². The van der Waals surface area contributed by atoms with Gasteiger partial charge in [-0.05, 0) is 30.5 Å². The zero-order chi connectivity index (χ0) is 13.5. The first-order chi connectivity index (χ1) is 8.52. The second-order valence-corrected chi connectivity index (χ2v) is 3.97. The van der Waals surface area contributed by atoms with E-state index < -0.39 is 18.0 Å². The summed E-state index contributed by atoms with van der Waals surface area (Å²) in [7, 11) is 0. The standard InChI is InChI=1S/C13H17NO4/c1-2-11(13(16)17)18-12(15)7-6-9-4-3-5-10(14)8-9/h3-5,8,11H,2,6-7,14H2,1H3,(H,16,17). The van der Waals surface area contributed by atoms with Crippen molar-refractivity contribution < 1.29 is 19.4 Å². The third-order valence-corrected chi connectivity index (χ3v) is 2.49. The summed E-state index contributed by atoms with van der Waals surface area (Å²) < 4.78 is 4.84. The molecule has 0 aliphatic carbocycles. The number of ether oxygens (including phenoxy) is 1. The summed E-state index contributed by atoms with van der Waals surface area (Å²) >= 11 is 0. The van der Waals surface area contributed by atoms with Crippen molar-refractivity contribution in [1.82, 2.24) is 0 Å². The van der Waals surface area contributed by atoms with Crippen molar-refractivity contribution in [1.29, 1.82) is 0 Å². The zero-order valence-electron chi connectivity index (χ0n) is 10.3. The summed E-state index contributed by atoms with van der Waals surface area (Å²) in [4.78, 5) is 22.1. The first-order valence-electron chi connectivity index (χ1n) is 5.79. The highest BCUT2D eigenvalue weighted by molar-refractivity contribution is 5.78. The summed E-state index contributed by atoms with van der Waals surface area (Å²) in [5.74, 6) is -1.62. The molecule has 0 bridgehead atoms. The van der Waals surface area contributed by atoms with Crippen LogP contribution in [-0.2, 0) is 20.7 Å². The van der Waals surface area contributed by atoms with Crippen LogP contribution in [0.2, 0.25) is 0 Å². The van der Waals surface area contributed by atoms with E-state index in [1.54, 1.807) is 19.1 Å². The van der Waals surface area contributed by atoms with E-state index in [9.17, 15) is 9.59 Å². The summed E-state index contributed by atoms with van der Waals surface area (Å²) in [6, 6.07) is 7.21. The zero-order valence-corrected chi connectivity index (χ0v) is 10.3. The van der Waals surface area contributed by atoms with Crippen molar-refractivity contribution in [2.75, 3.05) is 5.73 Å². The number of esters is 1. The van der Waals surface area contributed by atoms with E-state index in [2.05, 4.69) is 0 Å². The maximum absolute atomic E-state index is 11.5. The Balaban J connectivity index is 2.44. The third kappa shape index (κ3) is 4.45. The molecule has 0 aliphatic heterocycles. The fraction of sp³-hybridized carbons (Fsp3) is 0.385. The maximum atomic E-state index is 11.5. The highest BCUT2D eigenvalue weighted by atomic mass is 16.6. The van der Waals surface area contributed by atoms with E-state index in [1.807, 2.05) is 12.1 Å². The van der Waals surface area contributed by atoms with E-state index in [0.29, 0.717) is 12.1 Å². The Labute approximate surface area is 106 Å². The van der Waals surface area contributed by atoms with Gasteiger partial charge in [0.2, 0.25) is 0 Å². The Hall–Kier alpha value is -2.04. The van der Waals surface area contributed by atoms with E-state index in [1.165, 1.54) is 0 Å². The summed E-state index contributed by atoms with van der Waals surface area (Å²) in [5.41, 5.74) is 7.18. The highest BCUT2D eigenvalue weighted by Crippen LogP contribution is 2.10. The summed E-state index contributed by atoms with van der Waals surface area (Å²) in [5, 5.41) is 8.75. The van der Waals surface area contributed by atoms with E-state index >= 15 is 0 Å². The number of carbonyl (C=O) groups excluding carboxylic acids is 1. The number of benzene rings is 1. The number of hydrogen-bond acceptors (Lipinski definition) is 4. The van der Waals surface area contributed by atoms with Gasteiger partial charge in [0.15, 0.2) is 6.10 Å². The van der Waals surface area contributed by atoms with Gasteiger partial charge in [0.1, 0.15) is 0 Å². The normalized spacial score (nSPS) is 11.8. The Morgan fingerprint density at radius 1 is 1.44 bits per heavy atom. The predicted octanol–water partition coefficient (Wildman–Crippen LogP) is 1.61. The smallest absolute Gasteiger partial charge is 0.345 e. The van der Waals surface area contributed by atoms with Crippen molar-refractivity contribution >= 4 is 17.6 Å². The molecule has 5 heteroatoms. The number of carboxylic acids is 1. The lowest BCUT2D eigenvalue weighted by Crippen LogP contribution is -2.26. The van der Waals surface area contributed by atoms with Crippen molar-refractivity contribution in [2.45, 2.75) is 32.3 Å². The van der Waals surface area contributed by atoms with Crippen LogP contribution in [0.4, 0.5) is 5.69 Å². The van der Waals surface area contributed by atoms with Gasteiger partial charge >= 0.3 is 11.9 Å². The van der Waals surface area contributed by atoms with Gasteiger partial charge < -0.3 is 15.6 Å². The quantitative estimate of drug-likeness (QED) is 0.592. The topological polar surface area (TPSA) is 89.6 Å². The molecule has 1 rings (SSSR count). The lowest BCUT2D eigenvalue weighted by Gasteiger charge is -2.11. The molecule has 0 radical (unpaired) electrons. The Kier molecular flexibility index (Phi) is 5.17. The van der Waals surface area contributed by atoms with Crippen LogP contribution in [-0.4, -0.2) is 23.1 Å². The number of nitrogen functional groups attached to an aromatic ring is 1. The minimum Gasteiger partial charge on any atom is -0.479 e. The van der Waals surface area contributed by atoms with Crippen LogP contribution in [0.15, 0.2) is 24.3 Å². The third-order valence-electron chi connectivity index (χ3n) is 2.49. The number of aliphatic carboxylic acids is 1. The average molecular weight is 251 g/mol. The fourth-order valence-electron chi connectivity index (χ4n) is 1.52. The largest absolute Gasteiger partial charge is 0.479 e. The summed E-state index contributed by atoms with van der Waals surface area (Å²) in [6.45, 7) is 1.66. The number of nitrogens with two attached hydrogens (primary N) is 1. The van der Waals surface area contributed by atoms with Crippen LogP contribution in [0.25, 0.3) is 0 Å². The van der Waals surface area contributed by atoms with Crippen LogP contribution in [0.3, 0.4) is 0 Å². The van der Waals surface area contributed by atoms with E-state index in [4.69, 9.17) is 15.6 Å². The molecule has 0 spiro atoms. The molecular formula is C13H17NO4. The molecule has 0 aliphatic rings. The van der Waals surface area contributed by atoms with Gasteiger partial charge in [0.05, 0.1) is 0 Å². The van der Waals surface area contributed by atoms with Gasteiger partial charge in [-0.1, -0.05) is 19.1 Å². The molecule has 1 unspecified atom stereocenters. The van der Waals surface area contributed by atoms with Crippen molar-refractivity contribution in [3.8, 4) is 0 Å². The lowest BCUT2D eigenvalue weighted by atomic mass is 10.1. The molecule has 3 N–H and O–H groups in total. The van der Waals surface area contributed by atoms with Crippen molar-refractivity contribution in [3.05, 3.63) is 29.8 Å². The molecule has 18 heavy (non-hydrogen) atoms. The SMILES string of the molecule is CCC(OC(=O)CCc1cccc(N)c1)C(=O)O. The van der Waals surface area contributed by atoms with Crippen LogP contribution in [0.1, 0.15) is 25.3 Å². The number of aryl methyl sites for hydroxylation is 1. The molecule has 0 saturated heterocycles. The average Bonchev–Trinajstić information content (AvgIpc) is 2.33. The Bertz CT molecular complexity index is 431. The first-order valence-corrected chi connectivity index (χ1v) is 5.79. The minimum absolute atomic E-state index is 0.146. The van der Waals surface area contributed by atoms with E-state index in [0.717, 1.165) is 5.56 Å². The van der Waals surface area contributed by atoms with Crippen LogP contribution in [0, 0.1) is 0 Å².